The van der Waals surface area contributed by atoms with Gasteiger partial charge in [-0.05, 0) is 33.3 Å². The molecule has 1 aromatic carbocycles. The molecule has 0 bridgehead atoms. The minimum atomic E-state index is -0.543. The number of amides is 1. The van der Waals surface area contributed by atoms with Crippen LogP contribution in [0.25, 0.3) is 0 Å². The molecular formula is C17H26N2O3. The molecule has 1 heterocycles. The van der Waals surface area contributed by atoms with E-state index >= 15 is 0 Å². The molecule has 1 aromatic rings. The zero-order chi connectivity index (χ0) is 16.3. The Hall–Kier alpha value is -1.59. The quantitative estimate of drug-likeness (QED) is 0.801. The summed E-state index contributed by atoms with van der Waals surface area (Å²) in [5, 5.41) is 16.1. The number of aliphatic hydroxyl groups excluding tert-OH is 1. The third-order valence-electron chi connectivity index (χ3n) is 3.96. The third kappa shape index (κ3) is 3.99. The molecule has 5 heteroatoms. The lowest BCUT2D eigenvalue weighted by atomic mass is 9.92. The van der Waals surface area contributed by atoms with Crippen LogP contribution in [0.3, 0.4) is 0 Å². The Labute approximate surface area is 132 Å². The maximum Gasteiger partial charge on any atom is 0.407 e. The summed E-state index contributed by atoms with van der Waals surface area (Å²) in [6, 6.07) is 9.80. The van der Waals surface area contributed by atoms with E-state index in [2.05, 4.69) is 10.6 Å². The van der Waals surface area contributed by atoms with Gasteiger partial charge in [0.1, 0.15) is 5.60 Å². The van der Waals surface area contributed by atoms with Gasteiger partial charge in [0.15, 0.2) is 0 Å². The van der Waals surface area contributed by atoms with Gasteiger partial charge in [-0.1, -0.05) is 30.3 Å². The molecule has 4 atom stereocenters. The van der Waals surface area contributed by atoms with Gasteiger partial charge in [0.2, 0.25) is 0 Å². The van der Waals surface area contributed by atoms with Crippen molar-refractivity contribution in [1.82, 2.24) is 10.6 Å². The van der Waals surface area contributed by atoms with Crippen molar-refractivity contribution in [3.05, 3.63) is 35.9 Å². The second-order valence-electron chi connectivity index (χ2n) is 6.86. The highest BCUT2D eigenvalue weighted by molar-refractivity contribution is 5.68. The molecule has 5 nitrogen and oxygen atoms in total. The predicted octanol–water partition coefficient (Wildman–Crippen LogP) is 2.22. The molecule has 0 spiro atoms. The van der Waals surface area contributed by atoms with Crippen LogP contribution in [0.5, 0.6) is 0 Å². The summed E-state index contributed by atoms with van der Waals surface area (Å²) in [5.74, 6) is -0.0577. The summed E-state index contributed by atoms with van der Waals surface area (Å²) in [6.45, 7) is 7.53. The van der Waals surface area contributed by atoms with E-state index in [1.54, 1.807) is 0 Å². The van der Waals surface area contributed by atoms with Crippen LogP contribution in [0.2, 0.25) is 0 Å². The molecule has 1 saturated heterocycles. The Morgan fingerprint density at radius 1 is 1.32 bits per heavy atom. The SMILES string of the molecule is C[C@H]1N[C@@H](c2ccccc2)[C@@H](NC(=O)OC(C)(C)C)[C@@H]1CO. The van der Waals surface area contributed by atoms with Gasteiger partial charge in [0.05, 0.1) is 12.1 Å². The van der Waals surface area contributed by atoms with E-state index in [4.69, 9.17) is 4.74 Å². The molecule has 1 fully saturated rings. The van der Waals surface area contributed by atoms with Gasteiger partial charge >= 0.3 is 6.09 Å². The van der Waals surface area contributed by atoms with Crippen molar-refractivity contribution < 1.29 is 14.6 Å². The Bertz CT molecular complexity index is 498. The molecule has 0 aromatic heterocycles. The number of nitrogens with one attached hydrogen (secondary N) is 2. The minimum absolute atomic E-state index is 0.0119. The fraction of sp³-hybridized carbons (Fsp3) is 0.588. The molecular weight excluding hydrogens is 280 g/mol. The lowest BCUT2D eigenvalue weighted by Gasteiger charge is -2.27. The highest BCUT2D eigenvalue weighted by Crippen LogP contribution is 2.31. The van der Waals surface area contributed by atoms with Gasteiger partial charge in [-0.3, -0.25) is 0 Å². The van der Waals surface area contributed by atoms with Crippen molar-refractivity contribution in [2.45, 2.75) is 51.4 Å². The van der Waals surface area contributed by atoms with E-state index in [9.17, 15) is 9.90 Å². The number of carbonyl (C=O) groups excluding carboxylic acids is 1. The number of rotatable bonds is 3. The predicted molar refractivity (Wildman–Crippen MR) is 85.5 cm³/mol. The second kappa shape index (κ2) is 6.67. The Kier molecular flexibility index (Phi) is 5.08. The standard InChI is InChI=1S/C17H26N2O3/c1-11-13(10-20)15(19-16(21)22-17(2,3)4)14(18-11)12-8-6-5-7-9-12/h5-9,11,13-15,18,20H,10H2,1-4H3,(H,19,21)/t11-,13-,14+,15+/m1/s1. The average molecular weight is 306 g/mol. The molecule has 2 rings (SSSR count). The van der Waals surface area contributed by atoms with Crippen molar-refractivity contribution in [2.75, 3.05) is 6.61 Å². The molecule has 0 radical (unpaired) electrons. The average Bonchev–Trinajstić information content (AvgIpc) is 2.73. The zero-order valence-corrected chi connectivity index (χ0v) is 13.7. The fourth-order valence-corrected chi connectivity index (χ4v) is 2.94. The van der Waals surface area contributed by atoms with E-state index in [1.165, 1.54) is 0 Å². The van der Waals surface area contributed by atoms with Crippen LogP contribution in [0.15, 0.2) is 30.3 Å². The summed E-state index contributed by atoms with van der Waals surface area (Å²) >= 11 is 0. The molecule has 1 aliphatic rings. The van der Waals surface area contributed by atoms with E-state index in [0.717, 1.165) is 5.56 Å². The molecule has 3 N–H and O–H groups in total. The normalized spacial score (nSPS) is 28.4. The van der Waals surface area contributed by atoms with Crippen LogP contribution in [0.4, 0.5) is 4.79 Å². The smallest absolute Gasteiger partial charge is 0.407 e. The van der Waals surface area contributed by atoms with E-state index in [-0.39, 0.29) is 30.7 Å². The van der Waals surface area contributed by atoms with Gasteiger partial charge in [0, 0.05) is 18.6 Å². The number of benzene rings is 1. The number of aliphatic hydroxyl groups is 1. The van der Waals surface area contributed by atoms with Crippen molar-refractivity contribution in [3.63, 3.8) is 0 Å². The Balaban J connectivity index is 2.17. The van der Waals surface area contributed by atoms with Gasteiger partial charge in [-0.15, -0.1) is 0 Å². The van der Waals surface area contributed by atoms with E-state index in [1.807, 2.05) is 58.0 Å². The summed E-state index contributed by atoms with van der Waals surface area (Å²) in [6.07, 6.45) is -0.451. The summed E-state index contributed by atoms with van der Waals surface area (Å²) in [4.78, 5) is 12.1. The van der Waals surface area contributed by atoms with E-state index in [0.29, 0.717) is 0 Å². The van der Waals surface area contributed by atoms with E-state index < -0.39 is 11.7 Å². The van der Waals surface area contributed by atoms with Gasteiger partial charge in [-0.2, -0.15) is 0 Å². The highest BCUT2D eigenvalue weighted by Gasteiger charge is 2.42. The first-order valence-corrected chi connectivity index (χ1v) is 7.73. The lowest BCUT2D eigenvalue weighted by Crippen LogP contribution is -2.45. The molecule has 0 aliphatic carbocycles. The zero-order valence-electron chi connectivity index (χ0n) is 13.7. The first-order valence-electron chi connectivity index (χ1n) is 7.73. The van der Waals surface area contributed by atoms with Crippen molar-refractivity contribution in [2.24, 2.45) is 5.92 Å². The molecule has 122 valence electrons. The number of hydrogen-bond acceptors (Lipinski definition) is 4. The fourth-order valence-electron chi connectivity index (χ4n) is 2.94. The Morgan fingerprint density at radius 2 is 1.95 bits per heavy atom. The molecule has 1 aliphatic heterocycles. The van der Waals surface area contributed by atoms with Gasteiger partial charge in [0.25, 0.3) is 0 Å². The first-order chi connectivity index (χ1) is 10.3. The van der Waals surface area contributed by atoms with Gasteiger partial charge in [-0.25, -0.2) is 4.79 Å². The lowest BCUT2D eigenvalue weighted by molar-refractivity contribution is 0.0474. The molecule has 0 saturated carbocycles. The third-order valence-corrected chi connectivity index (χ3v) is 3.96. The summed E-state index contributed by atoms with van der Waals surface area (Å²) in [7, 11) is 0. The van der Waals surface area contributed by atoms with Crippen LogP contribution < -0.4 is 10.6 Å². The largest absolute Gasteiger partial charge is 0.444 e. The van der Waals surface area contributed by atoms with Crippen LogP contribution in [0.1, 0.15) is 39.3 Å². The van der Waals surface area contributed by atoms with Gasteiger partial charge < -0.3 is 20.5 Å². The maximum absolute atomic E-state index is 12.1. The number of hydrogen-bond donors (Lipinski definition) is 3. The second-order valence-corrected chi connectivity index (χ2v) is 6.86. The van der Waals surface area contributed by atoms with Crippen molar-refractivity contribution in [3.8, 4) is 0 Å². The highest BCUT2D eigenvalue weighted by atomic mass is 16.6. The summed E-state index contributed by atoms with van der Waals surface area (Å²) < 4.78 is 5.35. The monoisotopic (exact) mass is 306 g/mol. The number of carbonyl (C=O) groups is 1. The number of ether oxygens (including phenoxy) is 1. The van der Waals surface area contributed by atoms with Crippen molar-refractivity contribution in [1.29, 1.82) is 0 Å². The number of alkyl carbamates (subject to hydrolysis) is 1. The molecule has 0 unspecified atom stereocenters. The Morgan fingerprint density at radius 3 is 2.50 bits per heavy atom. The van der Waals surface area contributed by atoms with Crippen LogP contribution >= 0.6 is 0 Å². The minimum Gasteiger partial charge on any atom is -0.444 e. The first kappa shape index (κ1) is 16.8. The van der Waals surface area contributed by atoms with Crippen LogP contribution in [-0.4, -0.2) is 35.5 Å². The topological polar surface area (TPSA) is 70.6 Å². The summed E-state index contributed by atoms with van der Waals surface area (Å²) in [5.41, 5.74) is 0.546. The van der Waals surface area contributed by atoms with Crippen LogP contribution in [0, 0.1) is 5.92 Å². The van der Waals surface area contributed by atoms with Crippen molar-refractivity contribution >= 4 is 6.09 Å². The molecule has 22 heavy (non-hydrogen) atoms. The van der Waals surface area contributed by atoms with Crippen LogP contribution in [-0.2, 0) is 4.74 Å². The molecule has 1 amide bonds. The maximum atomic E-state index is 12.1.